The van der Waals surface area contributed by atoms with Gasteiger partial charge in [0.05, 0.1) is 23.1 Å². The van der Waals surface area contributed by atoms with Crippen molar-refractivity contribution in [3.63, 3.8) is 0 Å². The number of alkyl halides is 3. The Morgan fingerprint density at radius 3 is 2.56 bits per heavy atom. The number of benzene rings is 1. The minimum atomic E-state index is -4.55. The van der Waals surface area contributed by atoms with E-state index in [0.29, 0.717) is 31.7 Å². The van der Waals surface area contributed by atoms with Crippen LogP contribution in [-0.4, -0.2) is 24.1 Å². The van der Waals surface area contributed by atoms with E-state index in [2.05, 4.69) is 15.6 Å². The average Bonchev–Trinajstić information content (AvgIpc) is 2.64. The number of rotatable bonds is 4. The van der Waals surface area contributed by atoms with Crippen molar-refractivity contribution in [3.8, 4) is 0 Å². The molecule has 2 N–H and O–H groups in total. The lowest BCUT2D eigenvalue weighted by Gasteiger charge is -2.21. The summed E-state index contributed by atoms with van der Waals surface area (Å²) in [5.41, 5.74) is -0.559. The number of nitrogens with one attached hydrogen (secondary N) is 2. The summed E-state index contributed by atoms with van der Waals surface area (Å²) in [5, 5.41) is 5.39. The predicted molar refractivity (Wildman–Crippen MR) is 96.1 cm³/mol. The number of pyridine rings is 1. The zero-order valence-corrected chi connectivity index (χ0v) is 14.9. The Hall–Kier alpha value is -2.32. The highest BCUT2D eigenvalue weighted by molar-refractivity contribution is 6.30. The fourth-order valence-electron chi connectivity index (χ4n) is 2.74. The SMILES string of the molecule is O=C(Nc1ccc(Nc2ccc(Cl)cc2C(F)(F)F)nc1)C1CCOCC1. The molecular formula is C18H17ClF3N3O2. The normalized spacial score (nSPS) is 15.4. The van der Waals surface area contributed by atoms with Gasteiger partial charge in [-0.3, -0.25) is 4.79 Å². The van der Waals surface area contributed by atoms with Crippen LogP contribution in [0.4, 0.5) is 30.4 Å². The van der Waals surface area contributed by atoms with Crippen molar-refractivity contribution in [1.82, 2.24) is 4.98 Å². The molecule has 1 saturated heterocycles. The van der Waals surface area contributed by atoms with Crippen LogP contribution in [-0.2, 0) is 15.7 Å². The molecular weight excluding hydrogens is 383 g/mol. The lowest BCUT2D eigenvalue weighted by molar-refractivity contribution is -0.137. The van der Waals surface area contributed by atoms with Crippen LogP contribution in [0, 0.1) is 5.92 Å². The van der Waals surface area contributed by atoms with Gasteiger partial charge in [0.15, 0.2) is 0 Å². The fraction of sp³-hybridized carbons (Fsp3) is 0.333. The van der Waals surface area contributed by atoms with Gasteiger partial charge in [-0.1, -0.05) is 11.6 Å². The Labute approximate surface area is 158 Å². The number of amides is 1. The standard InChI is InChI=1S/C18H17ClF3N3O2/c19-12-1-3-15(14(9-12)18(20,21)22)25-16-4-2-13(10-23-16)24-17(26)11-5-7-27-8-6-11/h1-4,9-11H,5-8H2,(H,23,25)(H,24,26). The second kappa shape index (κ2) is 8.14. The Morgan fingerprint density at radius 2 is 1.93 bits per heavy atom. The molecule has 9 heteroatoms. The molecule has 2 heterocycles. The highest BCUT2D eigenvalue weighted by Gasteiger charge is 2.34. The number of hydrogen-bond donors (Lipinski definition) is 2. The molecule has 5 nitrogen and oxygen atoms in total. The third-order valence-electron chi connectivity index (χ3n) is 4.17. The molecule has 0 spiro atoms. The maximum Gasteiger partial charge on any atom is 0.418 e. The maximum absolute atomic E-state index is 13.1. The van der Waals surface area contributed by atoms with E-state index < -0.39 is 11.7 Å². The van der Waals surface area contributed by atoms with Gasteiger partial charge in [0.2, 0.25) is 5.91 Å². The van der Waals surface area contributed by atoms with Crippen LogP contribution in [0.25, 0.3) is 0 Å². The van der Waals surface area contributed by atoms with Gasteiger partial charge in [0.1, 0.15) is 5.82 Å². The van der Waals surface area contributed by atoms with Gasteiger partial charge in [0.25, 0.3) is 0 Å². The van der Waals surface area contributed by atoms with Crippen molar-refractivity contribution in [2.45, 2.75) is 19.0 Å². The second-order valence-electron chi connectivity index (χ2n) is 6.12. The van der Waals surface area contributed by atoms with Crippen molar-refractivity contribution in [1.29, 1.82) is 0 Å². The summed E-state index contributed by atoms with van der Waals surface area (Å²) >= 11 is 5.67. The quantitative estimate of drug-likeness (QED) is 0.770. The fourth-order valence-corrected chi connectivity index (χ4v) is 2.92. The number of ether oxygens (including phenoxy) is 1. The molecule has 1 fully saturated rings. The van der Waals surface area contributed by atoms with Crippen LogP contribution >= 0.6 is 11.6 Å². The van der Waals surface area contributed by atoms with Gasteiger partial charge < -0.3 is 15.4 Å². The van der Waals surface area contributed by atoms with Gasteiger partial charge in [-0.05, 0) is 43.2 Å². The molecule has 144 valence electrons. The van der Waals surface area contributed by atoms with Crippen LogP contribution in [0.1, 0.15) is 18.4 Å². The number of aromatic nitrogens is 1. The maximum atomic E-state index is 13.1. The molecule has 0 bridgehead atoms. The zero-order chi connectivity index (χ0) is 19.4. The van der Waals surface area contributed by atoms with Crippen molar-refractivity contribution in [3.05, 3.63) is 47.1 Å². The first kappa shape index (κ1) is 19.4. The first-order valence-corrected chi connectivity index (χ1v) is 8.69. The minimum Gasteiger partial charge on any atom is -0.381 e. The van der Waals surface area contributed by atoms with Crippen LogP contribution in [0.15, 0.2) is 36.5 Å². The van der Waals surface area contributed by atoms with Crippen LogP contribution in [0.5, 0.6) is 0 Å². The van der Waals surface area contributed by atoms with Gasteiger partial charge in [-0.2, -0.15) is 13.2 Å². The first-order chi connectivity index (χ1) is 12.8. The molecule has 1 aliphatic heterocycles. The predicted octanol–water partition coefficient (Wildman–Crippen LogP) is 4.86. The number of carbonyl (C=O) groups excluding carboxylic acids is 1. The first-order valence-electron chi connectivity index (χ1n) is 8.31. The number of halogens is 4. The van der Waals surface area contributed by atoms with Crippen molar-refractivity contribution >= 4 is 34.7 Å². The Morgan fingerprint density at radius 1 is 1.19 bits per heavy atom. The molecule has 3 rings (SSSR count). The van der Waals surface area contributed by atoms with Gasteiger partial charge in [-0.15, -0.1) is 0 Å². The van der Waals surface area contributed by atoms with Gasteiger partial charge in [-0.25, -0.2) is 4.98 Å². The molecule has 27 heavy (non-hydrogen) atoms. The Balaban J connectivity index is 1.68. The molecule has 0 atom stereocenters. The Bertz CT molecular complexity index is 806. The van der Waals surface area contributed by atoms with E-state index in [1.807, 2.05) is 0 Å². The monoisotopic (exact) mass is 399 g/mol. The molecule has 2 aromatic rings. The van der Waals surface area contributed by atoms with Crippen LogP contribution in [0.3, 0.4) is 0 Å². The van der Waals surface area contributed by atoms with Crippen LogP contribution < -0.4 is 10.6 Å². The highest BCUT2D eigenvalue weighted by atomic mass is 35.5. The average molecular weight is 400 g/mol. The zero-order valence-electron chi connectivity index (χ0n) is 14.1. The molecule has 0 radical (unpaired) electrons. The van der Waals surface area contributed by atoms with E-state index in [-0.39, 0.29) is 28.4 Å². The van der Waals surface area contributed by atoms with Crippen molar-refractivity contribution in [2.24, 2.45) is 5.92 Å². The minimum absolute atomic E-state index is 0.00740. The number of anilines is 3. The number of nitrogens with zero attached hydrogens (tertiary/aromatic N) is 1. The lowest BCUT2D eigenvalue weighted by Crippen LogP contribution is -2.28. The smallest absolute Gasteiger partial charge is 0.381 e. The summed E-state index contributed by atoms with van der Waals surface area (Å²) in [6.07, 6.45) is -1.83. The summed E-state index contributed by atoms with van der Waals surface area (Å²) in [6, 6.07) is 6.53. The molecule has 1 aliphatic rings. The topological polar surface area (TPSA) is 63.2 Å². The summed E-state index contributed by atoms with van der Waals surface area (Å²) < 4.78 is 44.6. The lowest BCUT2D eigenvalue weighted by atomic mass is 9.99. The van der Waals surface area contributed by atoms with Crippen LogP contribution in [0.2, 0.25) is 5.02 Å². The van der Waals surface area contributed by atoms with E-state index >= 15 is 0 Å². The van der Waals surface area contributed by atoms with Gasteiger partial charge in [0, 0.05) is 24.2 Å². The van der Waals surface area contributed by atoms with Crippen molar-refractivity contribution in [2.75, 3.05) is 23.8 Å². The number of hydrogen-bond acceptors (Lipinski definition) is 4. The Kier molecular flexibility index (Phi) is 5.86. The summed E-state index contributed by atoms with van der Waals surface area (Å²) in [6.45, 7) is 1.11. The summed E-state index contributed by atoms with van der Waals surface area (Å²) in [5.74, 6) is -0.00952. The third-order valence-corrected chi connectivity index (χ3v) is 4.41. The molecule has 0 saturated carbocycles. The van der Waals surface area contributed by atoms with E-state index in [1.165, 1.54) is 24.4 Å². The molecule has 0 aliphatic carbocycles. The van der Waals surface area contributed by atoms with Crippen molar-refractivity contribution < 1.29 is 22.7 Å². The highest BCUT2D eigenvalue weighted by Crippen LogP contribution is 2.37. The second-order valence-corrected chi connectivity index (χ2v) is 6.56. The van der Waals surface area contributed by atoms with E-state index in [0.717, 1.165) is 6.07 Å². The molecule has 1 aromatic carbocycles. The van der Waals surface area contributed by atoms with E-state index in [1.54, 1.807) is 6.07 Å². The molecule has 0 unspecified atom stereocenters. The summed E-state index contributed by atoms with van der Waals surface area (Å²) in [7, 11) is 0. The molecule has 1 aromatic heterocycles. The summed E-state index contributed by atoms with van der Waals surface area (Å²) in [4.78, 5) is 16.2. The van der Waals surface area contributed by atoms with Gasteiger partial charge >= 0.3 is 6.18 Å². The number of carbonyl (C=O) groups is 1. The largest absolute Gasteiger partial charge is 0.418 e. The third kappa shape index (κ3) is 5.11. The molecule has 1 amide bonds. The van der Waals surface area contributed by atoms with E-state index in [9.17, 15) is 18.0 Å². The van der Waals surface area contributed by atoms with E-state index in [4.69, 9.17) is 16.3 Å².